The molecule has 0 aliphatic carbocycles. The minimum Gasteiger partial charge on any atom is -0.392 e. The summed E-state index contributed by atoms with van der Waals surface area (Å²) in [6.07, 6.45) is -3.88. The van der Waals surface area contributed by atoms with Crippen LogP contribution in [0.4, 0.5) is 24.5 Å². The van der Waals surface area contributed by atoms with E-state index in [4.69, 9.17) is 16.7 Å². The number of pyridine rings is 1. The molecule has 0 spiro atoms. The predicted molar refractivity (Wildman–Crippen MR) is 61.7 cm³/mol. The molecule has 8 heteroatoms. The van der Waals surface area contributed by atoms with Crippen LogP contribution >= 0.6 is 11.6 Å². The molecule has 1 aromatic rings. The summed E-state index contributed by atoms with van der Waals surface area (Å²) in [6.45, 7) is 0.584. The third kappa shape index (κ3) is 2.20. The van der Waals surface area contributed by atoms with Gasteiger partial charge in [0.05, 0.1) is 24.2 Å². The summed E-state index contributed by atoms with van der Waals surface area (Å²) in [5.41, 5.74) is 0.716. The van der Waals surface area contributed by atoms with Crippen LogP contribution in [0.25, 0.3) is 0 Å². The smallest absolute Gasteiger partial charge is 0.392 e. The molecule has 1 aromatic heterocycles. The summed E-state index contributed by atoms with van der Waals surface area (Å²) in [7, 11) is 0. The molecule has 100 valence electrons. The molecule has 2 heterocycles. The van der Waals surface area contributed by atoms with Crippen LogP contribution in [0, 0.1) is 0 Å². The Kier molecular flexibility index (Phi) is 3.29. The average molecular weight is 282 g/mol. The lowest BCUT2D eigenvalue weighted by atomic mass is 10.2. The molecule has 0 aromatic carbocycles. The second-order valence-corrected chi connectivity index (χ2v) is 4.38. The third-order valence-corrected chi connectivity index (χ3v) is 3.06. The van der Waals surface area contributed by atoms with Crippen molar-refractivity contribution in [2.24, 2.45) is 0 Å². The van der Waals surface area contributed by atoms with Gasteiger partial charge in [-0.25, -0.2) is 4.98 Å². The van der Waals surface area contributed by atoms with Crippen molar-refractivity contribution < 1.29 is 18.3 Å². The van der Waals surface area contributed by atoms with Gasteiger partial charge in [-0.2, -0.15) is 13.2 Å². The number of aromatic nitrogens is 1. The third-order valence-electron chi connectivity index (χ3n) is 2.85. The number of aliphatic hydroxyl groups excluding tert-OH is 1. The highest BCUT2D eigenvalue weighted by Gasteiger charge is 2.45. The molecule has 2 N–H and O–H groups in total. The first-order valence-corrected chi connectivity index (χ1v) is 5.60. The molecule has 0 radical (unpaired) electrons. The van der Waals surface area contributed by atoms with Gasteiger partial charge in [-0.05, 0) is 6.92 Å². The number of fused-ring (bicyclic) bond motifs is 1. The zero-order chi connectivity index (χ0) is 13.5. The van der Waals surface area contributed by atoms with Gasteiger partial charge in [0, 0.05) is 6.07 Å². The fourth-order valence-electron chi connectivity index (χ4n) is 1.93. The van der Waals surface area contributed by atoms with Crippen LogP contribution in [0.3, 0.4) is 0 Å². The van der Waals surface area contributed by atoms with E-state index >= 15 is 0 Å². The molecule has 1 aliphatic rings. The van der Waals surface area contributed by atoms with Crippen molar-refractivity contribution in [1.82, 2.24) is 4.98 Å². The minimum atomic E-state index is -4.40. The quantitative estimate of drug-likeness (QED) is 0.816. The minimum absolute atomic E-state index is 0.105. The van der Waals surface area contributed by atoms with Gasteiger partial charge in [0.25, 0.3) is 0 Å². The zero-order valence-electron chi connectivity index (χ0n) is 9.37. The molecule has 0 saturated carbocycles. The summed E-state index contributed by atoms with van der Waals surface area (Å²) < 4.78 is 38.4. The van der Waals surface area contributed by atoms with Crippen LogP contribution in [0.5, 0.6) is 0 Å². The summed E-state index contributed by atoms with van der Waals surface area (Å²) in [5, 5.41) is 12.0. The SMILES string of the molecule is CC(N1c2cc(Cl)ncc2NC1CO)C(F)(F)F. The highest BCUT2D eigenvalue weighted by atomic mass is 35.5. The van der Waals surface area contributed by atoms with Gasteiger partial charge in [0.2, 0.25) is 0 Å². The molecule has 0 bridgehead atoms. The van der Waals surface area contributed by atoms with Crippen molar-refractivity contribution in [3.8, 4) is 0 Å². The number of anilines is 2. The van der Waals surface area contributed by atoms with E-state index in [0.29, 0.717) is 11.4 Å². The number of nitrogens with zero attached hydrogens (tertiary/aromatic N) is 2. The fourth-order valence-corrected chi connectivity index (χ4v) is 2.08. The molecular weight excluding hydrogens is 271 g/mol. The molecule has 2 rings (SSSR count). The standard InChI is InChI=1S/C10H11ClF3N3O/c1-5(10(12,13)14)17-7-2-8(11)15-3-6(7)16-9(17)4-18/h2-3,5,9,16,18H,4H2,1H3. The average Bonchev–Trinajstić information content (AvgIpc) is 2.64. The Balaban J connectivity index is 2.42. The Bertz CT molecular complexity index is 454. The maximum Gasteiger partial charge on any atom is 0.408 e. The number of nitrogens with one attached hydrogen (secondary N) is 1. The van der Waals surface area contributed by atoms with Gasteiger partial charge in [0.1, 0.15) is 17.4 Å². The summed E-state index contributed by atoms with van der Waals surface area (Å²) >= 11 is 5.69. The zero-order valence-corrected chi connectivity index (χ0v) is 10.1. The first-order chi connectivity index (χ1) is 8.34. The molecule has 1 aliphatic heterocycles. The van der Waals surface area contributed by atoms with E-state index in [2.05, 4.69) is 10.3 Å². The van der Waals surface area contributed by atoms with Crippen LogP contribution in [-0.4, -0.2) is 35.1 Å². The van der Waals surface area contributed by atoms with Gasteiger partial charge in [-0.15, -0.1) is 0 Å². The Morgan fingerprint density at radius 3 is 2.83 bits per heavy atom. The number of alkyl halides is 3. The molecule has 2 atom stereocenters. The van der Waals surface area contributed by atoms with Crippen LogP contribution in [0.15, 0.2) is 12.3 Å². The number of hydrogen-bond acceptors (Lipinski definition) is 4. The van der Waals surface area contributed by atoms with Gasteiger partial charge >= 0.3 is 6.18 Å². The van der Waals surface area contributed by atoms with Crippen LogP contribution in [-0.2, 0) is 0 Å². The highest BCUT2D eigenvalue weighted by molar-refractivity contribution is 6.29. The number of halogens is 4. The van der Waals surface area contributed by atoms with E-state index in [-0.39, 0.29) is 5.15 Å². The summed E-state index contributed by atoms with van der Waals surface area (Å²) in [4.78, 5) is 4.85. The first kappa shape index (κ1) is 13.2. The number of aliphatic hydroxyl groups is 1. The molecule has 0 amide bonds. The van der Waals surface area contributed by atoms with Crippen molar-refractivity contribution in [3.63, 3.8) is 0 Å². The maximum absolute atomic E-state index is 12.8. The van der Waals surface area contributed by atoms with Crippen LogP contribution in [0.2, 0.25) is 5.15 Å². The summed E-state index contributed by atoms with van der Waals surface area (Å²) in [6, 6.07) is -0.385. The molecule has 4 nitrogen and oxygen atoms in total. The number of hydrogen-bond donors (Lipinski definition) is 2. The normalized spacial score (nSPS) is 20.6. The van der Waals surface area contributed by atoms with Crippen LogP contribution in [0.1, 0.15) is 6.92 Å². The van der Waals surface area contributed by atoms with E-state index in [1.165, 1.54) is 12.3 Å². The van der Waals surface area contributed by atoms with E-state index < -0.39 is 25.0 Å². The van der Waals surface area contributed by atoms with Crippen molar-refractivity contribution in [2.45, 2.75) is 25.3 Å². The highest BCUT2D eigenvalue weighted by Crippen LogP contribution is 2.40. The maximum atomic E-state index is 12.8. The lowest BCUT2D eigenvalue weighted by Gasteiger charge is -2.32. The lowest BCUT2D eigenvalue weighted by molar-refractivity contribution is -0.145. The monoisotopic (exact) mass is 281 g/mol. The van der Waals surface area contributed by atoms with E-state index in [0.717, 1.165) is 11.8 Å². The van der Waals surface area contributed by atoms with Crippen molar-refractivity contribution >= 4 is 23.0 Å². The Morgan fingerprint density at radius 1 is 1.61 bits per heavy atom. The molecular formula is C10H11ClF3N3O. The van der Waals surface area contributed by atoms with E-state index in [1.54, 1.807) is 0 Å². The van der Waals surface area contributed by atoms with E-state index in [1.807, 2.05) is 0 Å². The molecule has 0 saturated heterocycles. The molecule has 0 fully saturated rings. The predicted octanol–water partition coefficient (Wildman–Crippen LogP) is 2.24. The van der Waals surface area contributed by atoms with Gasteiger partial charge in [-0.3, -0.25) is 0 Å². The Morgan fingerprint density at radius 2 is 2.28 bits per heavy atom. The Labute approximate surface area is 106 Å². The lowest BCUT2D eigenvalue weighted by Crippen LogP contribution is -2.50. The first-order valence-electron chi connectivity index (χ1n) is 5.22. The van der Waals surface area contributed by atoms with Gasteiger partial charge < -0.3 is 15.3 Å². The molecule has 18 heavy (non-hydrogen) atoms. The summed E-state index contributed by atoms with van der Waals surface area (Å²) in [5.74, 6) is 0. The fraction of sp³-hybridized carbons (Fsp3) is 0.500. The van der Waals surface area contributed by atoms with Crippen molar-refractivity contribution in [2.75, 3.05) is 16.8 Å². The second kappa shape index (κ2) is 4.47. The number of rotatable bonds is 2. The van der Waals surface area contributed by atoms with Crippen molar-refractivity contribution in [1.29, 1.82) is 0 Å². The van der Waals surface area contributed by atoms with Crippen LogP contribution < -0.4 is 10.2 Å². The van der Waals surface area contributed by atoms with Gasteiger partial charge in [0.15, 0.2) is 0 Å². The van der Waals surface area contributed by atoms with E-state index in [9.17, 15) is 13.2 Å². The van der Waals surface area contributed by atoms with Gasteiger partial charge in [-0.1, -0.05) is 11.6 Å². The topological polar surface area (TPSA) is 48.4 Å². The second-order valence-electron chi connectivity index (χ2n) is 3.99. The van der Waals surface area contributed by atoms with Crippen molar-refractivity contribution in [3.05, 3.63) is 17.4 Å². The Hall–Kier alpha value is -1.21. The molecule has 2 unspecified atom stereocenters. The largest absolute Gasteiger partial charge is 0.408 e.